The third kappa shape index (κ3) is 3.07. The highest BCUT2D eigenvalue weighted by Crippen LogP contribution is 2.22. The van der Waals surface area contributed by atoms with E-state index in [-0.39, 0.29) is 6.61 Å². The number of halogens is 3. The van der Waals surface area contributed by atoms with E-state index in [1.54, 1.807) is 0 Å². The number of esters is 1. The lowest BCUT2D eigenvalue weighted by Crippen LogP contribution is -2.45. The molecule has 7 heteroatoms. The van der Waals surface area contributed by atoms with E-state index < -0.39 is 30.8 Å². The van der Waals surface area contributed by atoms with Crippen LogP contribution < -0.4 is 0 Å². The van der Waals surface area contributed by atoms with Crippen molar-refractivity contribution >= 4 is 5.97 Å². The number of alkyl halides is 3. The molecule has 1 saturated heterocycles. The van der Waals surface area contributed by atoms with E-state index in [1.807, 2.05) is 0 Å². The summed E-state index contributed by atoms with van der Waals surface area (Å²) in [6, 6.07) is -0.679. The molecule has 0 saturated carbocycles. The Morgan fingerprint density at radius 2 is 2.27 bits per heavy atom. The van der Waals surface area contributed by atoms with Gasteiger partial charge in [-0.3, -0.25) is 9.69 Å². The van der Waals surface area contributed by atoms with Gasteiger partial charge < -0.3 is 9.84 Å². The van der Waals surface area contributed by atoms with Crippen molar-refractivity contribution in [1.29, 1.82) is 0 Å². The van der Waals surface area contributed by atoms with Crippen LogP contribution in [0.5, 0.6) is 0 Å². The number of rotatable bonds is 3. The molecule has 1 aliphatic rings. The quantitative estimate of drug-likeness (QED) is 0.698. The Morgan fingerprint density at radius 3 is 2.67 bits per heavy atom. The zero-order valence-electron chi connectivity index (χ0n) is 8.12. The van der Waals surface area contributed by atoms with Crippen molar-refractivity contribution in [3.8, 4) is 0 Å². The molecular weight excluding hydrogens is 215 g/mol. The Labute approximate surface area is 84.6 Å². The van der Waals surface area contributed by atoms with Gasteiger partial charge in [-0.2, -0.15) is 13.2 Å². The maximum absolute atomic E-state index is 12.0. The van der Waals surface area contributed by atoms with Gasteiger partial charge in [0.25, 0.3) is 0 Å². The smallest absolute Gasteiger partial charge is 0.415 e. The van der Waals surface area contributed by atoms with Crippen LogP contribution in [0.3, 0.4) is 0 Å². The first kappa shape index (κ1) is 12.3. The fourth-order valence-electron chi connectivity index (χ4n) is 1.39. The predicted molar refractivity (Wildman–Crippen MR) is 44.1 cm³/mol. The maximum atomic E-state index is 12.0. The number of hydrogen-bond donors (Lipinski definition) is 1. The number of aliphatic hydroxyl groups is 1. The fraction of sp³-hybridized carbons (Fsp3) is 0.875. The SMILES string of the molecule is CN(CC(O)C(F)(F)F)C1CCOC1=O. The van der Waals surface area contributed by atoms with Crippen molar-refractivity contribution in [3.63, 3.8) is 0 Å². The molecular formula is C8H12F3NO3. The maximum Gasteiger partial charge on any atom is 0.415 e. The topological polar surface area (TPSA) is 49.8 Å². The summed E-state index contributed by atoms with van der Waals surface area (Å²) in [5.74, 6) is -0.535. The summed E-state index contributed by atoms with van der Waals surface area (Å²) < 4.78 is 40.6. The summed E-state index contributed by atoms with van der Waals surface area (Å²) >= 11 is 0. The standard InChI is InChI=1S/C8H12F3NO3/c1-12(4-6(13)8(9,10)11)5-2-3-15-7(5)14/h5-6,13H,2-4H2,1H3. The molecule has 1 heterocycles. The highest BCUT2D eigenvalue weighted by Gasteiger charge is 2.41. The molecule has 88 valence electrons. The largest absolute Gasteiger partial charge is 0.464 e. The zero-order chi connectivity index (χ0) is 11.6. The van der Waals surface area contributed by atoms with Gasteiger partial charge >= 0.3 is 12.1 Å². The van der Waals surface area contributed by atoms with Gasteiger partial charge in [-0.1, -0.05) is 0 Å². The first-order chi connectivity index (χ1) is 6.82. The molecule has 1 rings (SSSR count). The van der Waals surface area contributed by atoms with E-state index in [4.69, 9.17) is 5.11 Å². The average molecular weight is 227 g/mol. The first-order valence-electron chi connectivity index (χ1n) is 4.44. The minimum atomic E-state index is -4.66. The zero-order valence-corrected chi connectivity index (χ0v) is 8.12. The van der Waals surface area contributed by atoms with Crippen molar-refractivity contribution in [2.45, 2.75) is 24.7 Å². The van der Waals surface area contributed by atoms with Crippen LogP contribution in [0, 0.1) is 0 Å². The van der Waals surface area contributed by atoms with E-state index in [9.17, 15) is 18.0 Å². The number of carbonyl (C=O) groups is 1. The number of cyclic esters (lactones) is 1. The normalized spacial score (nSPS) is 24.4. The van der Waals surface area contributed by atoms with Gasteiger partial charge in [0.2, 0.25) is 0 Å². The molecule has 2 atom stereocenters. The van der Waals surface area contributed by atoms with Crippen molar-refractivity contribution in [1.82, 2.24) is 4.90 Å². The second kappa shape index (κ2) is 4.36. The van der Waals surface area contributed by atoms with Crippen LogP contribution in [0.4, 0.5) is 13.2 Å². The molecule has 4 nitrogen and oxygen atoms in total. The van der Waals surface area contributed by atoms with Crippen LogP contribution in [-0.2, 0) is 9.53 Å². The van der Waals surface area contributed by atoms with Crippen molar-refractivity contribution < 1.29 is 27.8 Å². The Balaban J connectivity index is 2.48. The average Bonchev–Trinajstić information content (AvgIpc) is 2.49. The second-order valence-corrected chi connectivity index (χ2v) is 3.47. The third-order valence-corrected chi connectivity index (χ3v) is 2.28. The van der Waals surface area contributed by atoms with E-state index in [0.29, 0.717) is 6.42 Å². The fourth-order valence-corrected chi connectivity index (χ4v) is 1.39. The lowest BCUT2D eigenvalue weighted by atomic mass is 10.2. The molecule has 1 fully saturated rings. The van der Waals surface area contributed by atoms with Gasteiger partial charge in [0.15, 0.2) is 6.10 Å². The van der Waals surface area contributed by atoms with E-state index in [1.165, 1.54) is 7.05 Å². The van der Waals surface area contributed by atoms with Crippen molar-refractivity contribution in [3.05, 3.63) is 0 Å². The van der Waals surface area contributed by atoms with Crippen LogP contribution in [0.1, 0.15) is 6.42 Å². The summed E-state index contributed by atoms with van der Waals surface area (Å²) in [6.45, 7) is -0.404. The molecule has 0 aromatic carbocycles. The van der Waals surface area contributed by atoms with Crippen molar-refractivity contribution in [2.75, 3.05) is 20.2 Å². The van der Waals surface area contributed by atoms with Gasteiger partial charge in [-0.25, -0.2) is 0 Å². The van der Waals surface area contributed by atoms with Crippen LogP contribution in [0.15, 0.2) is 0 Å². The second-order valence-electron chi connectivity index (χ2n) is 3.47. The summed E-state index contributed by atoms with van der Waals surface area (Å²) in [6.07, 6.45) is -6.73. The van der Waals surface area contributed by atoms with Gasteiger partial charge in [-0.15, -0.1) is 0 Å². The number of hydrogen-bond acceptors (Lipinski definition) is 4. The lowest BCUT2D eigenvalue weighted by Gasteiger charge is -2.24. The monoisotopic (exact) mass is 227 g/mol. The summed E-state index contributed by atoms with van der Waals surface area (Å²) in [5.41, 5.74) is 0. The van der Waals surface area contributed by atoms with Gasteiger partial charge in [0.05, 0.1) is 6.61 Å². The predicted octanol–water partition coefficient (Wildman–Crippen LogP) is 0.157. The molecule has 0 radical (unpaired) electrons. The lowest BCUT2D eigenvalue weighted by molar-refractivity contribution is -0.208. The molecule has 0 spiro atoms. The number of carbonyl (C=O) groups excluding carboxylic acids is 1. The molecule has 2 unspecified atom stereocenters. The molecule has 0 bridgehead atoms. The van der Waals surface area contributed by atoms with Crippen LogP contribution in [-0.4, -0.2) is 54.5 Å². The van der Waals surface area contributed by atoms with E-state index >= 15 is 0 Å². The molecule has 0 aliphatic carbocycles. The number of aliphatic hydroxyl groups excluding tert-OH is 1. The van der Waals surface area contributed by atoms with E-state index in [0.717, 1.165) is 4.90 Å². The number of likely N-dealkylation sites (N-methyl/N-ethyl adjacent to an activating group) is 1. The van der Waals surface area contributed by atoms with Crippen molar-refractivity contribution in [2.24, 2.45) is 0 Å². The number of ether oxygens (including phenoxy) is 1. The summed E-state index contributed by atoms with van der Waals surface area (Å²) in [4.78, 5) is 12.2. The Hall–Kier alpha value is -0.820. The first-order valence-corrected chi connectivity index (χ1v) is 4.44. The van der Waals surface area contributed by atoms with Crippen LogP contribution >= 0.6 is 0 Å². The molecule has 15 heavy (non-hydrogen) atoms. The molecule has 0 amide bonds. The highest BCUT2D eigenvalue weighted by atomic mass is 19.4. The Bertz CT molecular complexity index is 244. The van der Waals surface area contributed by atoms with Crippen LogP contribution in [0.2, 0.25) is 0 Å². The molecule has 0 aromatic rings. The Kier molecular flexibility index (Phi) is 3.56. The van der Waals surface area contributed by atoms with Gasteiger partial charge in [-0.05, 0) is 7.05 Å². The Morgan fingerprint density at radius 1 is 1.67 bits per heavy atom. The van der Waals surface area contributed by atoms with Crippen LogP contribution in [0.25, 0.3) is 0 Å². The molecule has 0 aromatic heterocycles. The highest BCUT2D eigenvalue weighted by molar-refractivity contribution is 5.77. The summed E-state index contributed by atoms with van der Waals surface area (Å²) in [5, 5.41) is 8.78. The van der Waals surface area contributed by atoms with Gasteiger partial charge in [0, 0.05) is 13.0 Å². The van der Waals surface area contributed by atoms with Gasteiger partial charge in [0.1, 0.15) is 6.04 Å². The van der Waals surface area contributed by atoms with E-state index in [2.05, 4.69) is 4.74 Å². The molecule has 1 aliphatic heterocycles. The number of nitrogens with zero attached hydrogens (tertiary/aromatic N) is 1. The third-order valence-electron chi connectivity index (χ3n) is 2.28. The minimum Gasteiger partial charge on any atom is -0.464 e. The summed E-state index contributed by atoms with van der Waals surface area (Å²) in [7, 11) is 1.35. The molecule has 1 N–H and O–H groups in total. The minimum absolute atomic E-state index is 0.218.